The van der Waals surface area contributed by atoms with Crippen LogP contribution in [-0.4, -0.2) is 32.6 Å². The first-order valence-electron chi connectivity index (χ1n) is 9.05. The lowest BCUT2D eigenvalue weighted by atomic mass is 9.81. The van der Waals surface area contributed by atoms with E-state index in [0.717, 1.165) is 53.5 Å². The molecule has 3 rings (SSSR count). The number of nitrogens with zero attached hydrogens (tertiary/aromatic N) is 1. The van der Waals surface area contributed by atoms with Crippen LogP contribution < -0.4 is 20.5 Å². The largest absolute Gasteiger partial charge is 0.496 e. The zero-order valence-corrected chi connectivity index (χ0v) is 15.7. The summed E-state index contributed by atoms with van der Waals surface area (Å²) in [7, 11) is 1.68. The fourth-order valence-electron chi connectivity index (χ4n) is 3.28. The standard InChI is InChI=1S/C21H27N3O2/c1-4-12-26-18-7-5-6-16(14-18)21(22,20-23-10-11-24-20)17-8-9-19(25-3)15(2)13-17/h5-9,13-14H,4,10-12,22H2,1-3H3,(H,23,24). The fourth-order valence-corrected chi connectivity index (χ4v) is 3.28. The first kappa shape index (κ1) is 18.3. The van der Waals surface area contributed by atoms with Gasteiger partial charge >= 0.3 is 0 Å². The molecule has 0 fully saturated rings. The maximum Gasteiger partial charge on any atom is 0.126 e. The number of nitrogens with one attached hydrogen (secondary N) is 1. The highest BCUT2D eigenvalue weighted by Crippen LogP contribution is 2.33. The van der Waals surface area contributed by atoms with E-state index in [1.807, 2.05) is 43.3 Å². The summed E-state index contributed by atoms with van der Waals surface area (Å²) in [5.41, 5.74) is 9.11. The number of aliphatic imine (C=N–C) groups is 1. The SMILES string of the molecule is CCCOc1cccc(C(N)(C2=NCCN2)c2ccc(OC)c(C)c2)c1. The average molecular weight is 353 g/mol. The van der Waals surface area contributed by atoms with Gasteiger partial charge in [-0.05, 0) is 54.3 Å². The van der Waals surface area contributed by atoms with Crippen molar-refractivity contribution in [3.05, 3.63) is 59.2 Å². The van der Waals surface area contributed by atoms with E-state index in [4.69, 9.17) is 15.2 Å². The quantitative estimate of drug-likeness (QED) is 0.803. The van der Waals surface area contributed by atoms with Gasteiger partial charge in [0, 0.05) is 6.54 Å². The van der Waals surface area contributed by atoms with Gasteiger partial charge in [0.15, 0.2) is 0 Å². The number of nitrogens with two attached hydrogens (primary N) is 1. The van der Waals surface area contributed by atoms with Crippen LogP contribution in [-0.2, 0) is 5.54 Å². The molecule has 3 N–H and O–H groups in total. The molecular weight excluding hydrogens is 326 g/mol. The van der Waals surface area contributed by atoms with Crippen LogP contribution in [0.4, 0.5) is 0 Å². The number of ether oxygens (including phenoxy) is 2. The molecule has 2 aromatic carbocycles. The number of hydrogen-bond acceptors (Lipinski definition) is 5. The second-order valence-electron chi connectivity index (χ2n) is 6.53. The van der Waals surface area contributed by atoms with Crippen LogP contribution >= 0.6 is 0 Å². The summed E-state index contributed by atoms with van der Waals surface area (Å²) in [6, 6.07) is 14.0. The smallest absolute Gasteiger partial charge is 0.126 e. The second kappa shape index (κ2) is 7.79. The van der Waals surface area contributed by atoms with Gasteiger partial charge in [-0.2, -0.15) is 0 Å². The van der Waals surface area contributed by atoms with Gasteiger partial charge in [0.1, 0.15) is 22.9 Å². The van der Waals surface area contributed by atoms with Crippen molar-refractivity contribution in [2.24, 2.45) is 10.7 Å². The lowest BCUT2D eigenvalue weighted by molar-refractivity contribution is 0.317. The average Bonchev–Trinajstić information content (AvgIpc) is 3.21. The van der Waals surface area contributed by atoms with E-state index in [9.17, 15) is 0 Å². The van der Waals surface area contributed by atoms with Crippen molar-refractivity contribution in [1.82, 2.24) is 5.32 Å². The molecule has 0 saturated carbocycles. The van der Waals surface area contributed by atoms with E-state index in [1.54, 1.807) is 7.11 Å². The van der Waals surface area contributed by atoms with Gasteiger partial charge in [-0.3, -0.25) is 4.99 Å². The van der Waals surface area contributed by atoms with Gasteiger partial charge < -0.3 is 20.5 Å². The monoisotopic (exact) mass is 353 g/mol. The zero-order chi connectivity index (χ0) is 18.6. The Labute approximate surface area is 155 Å². The number of rotatable bonds is 7. The molecule has 0 saturated heterocycles. The number of methoxy groups -OCH3 is 1. The van der Waals surface area contributed by atoms with Gasteiger partial charge in [0.05, 0.1) is 20.3 Å². The maximum absolute atomic E-state index is 7.01. The summed E-state index contributed by atoms with van der Waals surface area (Å²) in [4.78, 5) is 4.63. The molecule has 1 unspecified atom stereocenters. The molecule has 0 aliphatic carbocycles. The minimum absolute atomic E-state index is 0.682. The van der Waals surface area contributed by atoms with Crippen molar-refractivity contribution in [3.63, 3.8) is 0 Å². The van der Waals surface area contributed by atoms with Crippen molar-refractivity contribution in [1.29, 1.82) is 0 Å². The summed E-state index contributed by atoms with van der Waals surface area (Å²) >= 11 is 0. The van der Waals surface area contributed by atoms with Crippen molar-refractivity contribution < 1.29 is 9.47 Å². The van der Waals surface area contributed by atoms with E-state index in [2.05, 4.69) is 23.3 Å². The molecule has 26 heavy (non-hydrogen) atoms. The summed E-state index contributed by atoms with van der Waals surface area (Å²) in [6.45, 7) is 6.33. The van der Waals surface area contributed by atoms with Crippen molar-refractivity contribution in [3.8, 4) is 11.5 Å². The van der Waals surface area contributed by atoms with Crippen LogP contribution in [0.2, 0.25) is 0 Å². The summed E-state index contributed by atoms with van der Waals surface area (Å²) in [5, 5.41) is 3.36. The number of hydrogen-bond donors (Lipinski definition) is 2. The van der Waals surface area contributed by atoms with Crippen LogP contribution in [0.1, 0.15) is 30.0 Å². The van der Waals surface area contributed by atoms with E-state index in [1.165, 1.54) is 0 Å². The predicted octanol–water partition coefficient (Wildman–Crippen LogP) is 3.00. The Morgan fingerprint density at radius 1 is 1.19 bits per heavy atom. The molecule has 5 nitrogen and oxygen atoms in total. The van der Waals surface area contributed by atoms with E-state index >= 15 is 0 Å². The van der Waals surface area contributed by atoms with Crippen LogP contribution in [0, 0.1) is 6.92 Å². The molecule has 1 aliphatic rings. The third-order valence-electron chi connectivity index (χ3n) is 4.66. The molecule has 0 spiro atoms. The van der Waals surface area contributed by atoms with Gasteiger partial charge in [-0.1, -0.05) is 25.1 Å². The highest BCUT2D eigenvalue weighted by molar-refractivity contribution is 5.97. The van der Waals surface area contributed by atoms with Crippen LogP contribution in [0.5, 0.6) is 11.5 Å². The Balaban J connectivity index is 2.09. The minimum Gasteiger partial charge on any atom is -0.496 e. The summed E-state index contributed by atoms with van der Waals surface area (Å²) < 4.78 is 11.2. The fraction of sp³-hybridized carbons (Fsp3) is 0.381. The molecule has 138 valence electrons. The molecule has 1 heterocycles. The molecule has 0 amide bonds. The summed E-state index contributed by atoms with van der Waals surface area (Å²) in [5.74, 6) is 2.45. The third kappa shape index (κ3) is 3.40. The Kier molecular flexibility index (Phi) is 5.47. The maximum atomic E-state index is 7.01. The third-order valence-corrected chi connectivity index (χ3v) is 4.66. The lowest BCUT2D eigenvalue weighted by Gasteiger charge is -2.32. The van der Waals surface area contributed by atoms with Gasteiger partial charge in [-0.15, -0.1) is 0 Å². The second-order valence-corrected chi connectivity index (χ2v) is 6.53. The van der Waals surface area contributed by atoms with Crippen LogP contribution in [0.25, 0.3) is 0 Å². The topological polar surface area (TPSA) is 68.9 Å². The molecule has 0 bridgehead atoms. The Morgan fingerprint density at radius 3 is 2.65 bits per heavy atom. The molecule has 5 heteroatoms. The molecule has 2 aromatic rings. The zero-order valence-electron chi connectivity index (χ0n) is 15.7. The van der Waals surface area contributed by atoms with E-state index < -0.39 is 5.54 Å². The van der Waals surface area contributed by atoms with Crippen molar-refractivity contribution in [2.75, 3.05) is 26.8 Å². The van der Waals surface area contributed by atoms with Crippen molar-refractivity contribution in [2.45, 2.75) is 25.8 Å². The Hall–Kier alpha value is -2.53. The van der Waals surface area contributed by atoms with E-state index in [0.29, 0.717) is 6.61 Å². The first-order chi connectivity index (χ1) is 12.6. The Morgan fingerprint density at radius 2 is 2.00 bits per heavy atom. The first-order valence-corrected chi connectivity index (χ1v) is 9.05. The molecule has 1 atom stereocenters. The Bertz CT molecular complexity index is 804. The van der Waals surface area contributed by atoms with Crippen LogP contribution in [0.3, 0.4) is 0 Å². The molecule has 0 aromatic heterocycles. The lowest BCUT2D eigenvalue weighted by Crippen LogP contribution is -2.50. The highest BCUT2D eigenvalue weighted by Gasteiger charge is 2.37. The molecular formula is C21H27N3O2. The number of amidine groups is 1. The highest BCUT2D eigenvalue weighted by atomic mass is 16.5. The predicted molar refractivity (Wildman–Crippen MR) is 105 cm³/mol. The van der Waals surface area contributed by atoms with Gasteiger partial charge in [0.2, 0.25) is 0 Å². The normalized spacial score (nSPS) is 15.8. The van der Waals surface area contributed by atoms with E-state index in [-0.39, 0.29) is 0 Å². The molecule has 0 radical (unpaired) electrons. The number of aryl methyl sites for hydroxylation is 1. The minimum atomic E-state index is -0.862. The number of benzene rings is 2. The van der Waals surface area contributed by atoms with Gasteiger partial charge in [0.25, 0.3) is 0 Å². The van der Waals surface area contributed by atoms with Crippen molar-refractivity contribution >= 4 is 5.84 Å². The summed E-state index contributed by atoms with van der Waals surface area (Å²) in [6.07, 6.45) is 0.962. The molecule has 1 aliphatic heterocycles. The van der Waals surface area contributed by atoms with Crippen LogP contribution in [0.15, 0.2) is 47.5 Å². The van der Waals surface area contributed by atoms with Gasteiger partial charge in [-0.25, -0.2) is 0 Å².